The van der Waals surface area contributed by atoms with Crippen LogP contribution in [0, 0.1) is 0 Å². The fourth-order valence-electron chi connectivity index (χ4n) is 0.894. The molecule has 66 valence electrons. The third kappa shape index (κ3) is 2.43. The lowest BCUT2D eigenvalue weighted by Crippen LogP contribution is -2.23. The highest BCUT2D eigenvalue weighted by Gasteiger charge is 2.35. The molecule has 1 rings (SSSR count). The van der Waals surface area contributed by atoms with Crippen molar-refractivity contribution in [1.29, 1.82) is 0 Å². The van der Waals surface area contributed by atoms with Gasteiger partial charge >= 0.3 is 0 Å². The van der Waals surface area contributed by atoms with Crippen LogP contribution < -0.4 is 0 Å². The highest BCUT2D eigenvalue weighted by Crippen LogP contribution is 2.30. The molecular formula is C10H14ClS+. The summed E-state index contributed by atoms with van der Waals surface area (Å²) < 4.78 is 0.156. The van der Waals surface area contributed by atoms with Crippen LogP contribution in [0.25, 0.3) is 0 Å². The Morgan fingerprint density at radius 2 is 1.58 bits per heavy atom. The molecule has 0 aromatic heterocycles. The Hall–Kier alpha value is -0.140. The third-order valence-electron chi connectivity index (χ3n) is 1.49. The lowest BCUT2D eigenvalue weighted by atomic mass is 10.3. The van der Waals surface area contributed by atoms with E-state index in [0.717, 1.165) is 0 Å². The summed E-state index contributed by atoms with van der Waals surface area (Å²) in [5.41, 5.74) is 0. The fraction of sp³-hybridized carbons (Fsp3) is 0.400. The highest BCUT2D eigenvalue weighted by molar-refractivity contribution is 8.19. The van der Waals surface area contributed by atoms with Gasteiger partial charge in [-0.05, 0) is 32.9 Å². The average molecular weight is 202 g/mol. The van der Waals surface area contributed by atoms with E-state index in [9.17, 15) is 0 Å². The predicted octanol–water partition coefficient (Wildman–Crippen LogP) is 3.62. The maximum atomic E-state index is 6.31. The van der Waals surface area contributed by atoms with Gasteiger partial charge in [0.05, 0.1) is 0 Å². The first-order valence-corrected chi connectivity index (χ1v) is 6.02. The predicted molar refractivity (Wildman–Crippen MR) is 57.7 cm³/mol. The van der Waals surface area contributed by atoms with Crippen molar-refractivity contribution in [3.63, 3.8) is 0 Å². The SMILES string of the molecule is CC(C)(C)[S+](Cl)c1ccccc1. The zero-order valence-electron chi connectivity index (χ0n) is 7.67. The molecule has 0 aliphatic carbocycles. The van der Waals surface area contributed by atoms with Crippen LogP contribution >= 0.6 is 10.7 Å². The number of halogens is 1. The number of hydrogen-bond donors (Lipinski definition) is 0. The van der Waals surface area contributed by atoms with Crippen LogP contribution in [0.5, 0.6) is 0 Å². The minimum absolute atomic E-state index is 0.156. The molecule has 1 aromatic carbocycles. The van der Waals surface area contributed by atoms with Crippen LogP contribution in [0.15, 0.2) is 35.2 Å². The van der Waals surface area contributed by atoms with Gasteiger partial charge in [-0.2, -0.15) is 0 Å². The molecule has 1 unspecified atom stereocenters. The molecule has 0 radical (unpaired) electrons. The normalized spacial score (nSPS) is 14.3. The van der Waals surface area contributed by atoms with Crippen LogP contribution in [0.2, 0.25) is 0 Å². The van der Waals surface area contributed by atoms with E-state index >= 15 is 0 Å². The van der Waals surface area contributed by atoms with Crippen LogP contribution in [-0.2, 0) is 10.1 Å². The molecule has 1 aromatic rings. The molecule has 0 bridgehead atoms. The lowest BCUT2D eigenvalue weighted by Gasteiger charge is -2.13. The van der Waals surface area contributed by atoms with E-state index in [1.54, 1.807) is 0 Å². The molecular weight excluding hydrogens is 188 g/mol. The van der Waals surface area contributed by atoms with E-state index in [-0.39, 0.29) is 14.9 Å². The van der Waals surface area contributed by atoms with Crippen LogP contribution in [-0.4, -0.2) is 4.75 Å². The summed E-state index contributed by atoms with van der Waals surface area (Å²) in [5.74, 6) is 0. The number of rotatable bonds is 1. The Labute approximate surface area is 81.8 Å². The molecule has 1 atom stereocenters. The van der Waals surface area contributed by atoms with Gasteiger partial charge in [0, 0.05) is 0 Å². The average Bonchev–Trinajstić information content (AvgIpc) is 2.03. The summed E-state index contributed by atoms with van der Waals surface area (Å²) in [7, 11) is 6.13. The second kappa shape index (κ2) is 3.71. The zero-order valence-corrected chi connectivity index (χ0v) is 9.25. The minimum Gasteiger partial charge on any atom is -0.0619 e. The van der Waals surface area contributed by atoms with Gasteiger partial charge in [0.25, 0.3) is 0 Å². The first-order valence-electron chi connectivity index (χ1n) is 3.97. The molecule has 0 N–H and O–H groups in total. The molecule has 0 aliphatic rings. The summed E-state index contributed by atoms with van der Waals surface area (Å²) in [6.07, 6.45) is 0. The van der Waals surface area contributed by atoms with E-state index in [1.165, 1.54) is 4.90 Å². The summed E-state index contributed by atoms with van der Waals surface area (Å²) >= 11 is 0. The Morgan fingerprint density at radius 1 is 1.08 bits per heavy atom. The Morgan fingerprint density at radius 3 is 2.00 bits per heavy atom. The maximum Gasteiger partial charge on any atom is 0.183 e. The molecule has 0 heterocycles. The van der Waals surface area contributed by atoms with E-state index in [4.69, 9.17) is 10.7 Å². The monoisotopic (exact) mass is 201 g/mol. The van der Waals surface area contributed by atoms with Crippen LogP contribution in [0.4, 0.5) is 0 Å². The lowest BCUT2D eigenvalue weighted by molar-refractivity contribution is 0.797. The topological polar surface area (TPSA) is 0 Å². The second-order valence-corrected chi connectivity index (χ2v) is 6.82. The largest absolute Gasteiger partial charge is 0.183 e. The molecule has 0 nitrogen and oxygen atoms in total. The Kier molecular flexibility index (Phi) is 3.08. The van der Waals surface area contributed by atoms with Crippen molar-refractivity contribution >= 4 is 20.8 Å². The van der Waals surface area contributed by atoms with Crippen molar-refractivity contribution in [1.82, 2.24) is 0 Å². The zero-order chi connectivity index (χ0) is 9.19. The van der Waals surface area contributed by atoms with Gasteiger partial charge in [-0.1, -0.05) is 18.2 Å². The maximum absolute atomic E-state index is 6.31. The van der Waals surface area contributed by atoms with Gasteiger partial charge in [-0.25, -0.2) is 0 Å². The van der Waals surface area contributed by atoms with E-state index in [2.05, 4.69) is 32.9 Å². The van der Waals surface area contributed by atoms with E-state index in [1.807, 2.05) is 18.2 Å². The van der Waals surface area contributed by atoms with Crippen molar-refractivity contribution in [2.45, 2.75) is 30.4 Å². The Bertz CT molecular complexity index is 238. The molecule has 0 spiro atoms. The first-order chi connectivity index (χ1) is 5.52. The summed E-state index contributed by atoms with van der Waals surface area (Å²) in [6.45, 7) is 6.49. The van der Waals surface area contributed by atoms with Crippen molar-refractivity contribution in [2.24, 2.45) is 0 Å². The van der Waals surface area contributed by atoms with Crippen LogP contribution in [0.1, 0.15) is 20.8 Å². The van der Waals surface area contributed by atoms with E-state index < -0.39 is 0 Å². The van der Waals surface area contributed by atoms with Gasteiger partial charge in [-0.15, -0.1) is 0 Å². The smallest absolute Gasteiger partial charge is 0.0619 e. The quantitative estimate of drug-likeness (QED) is 0.609. The minimum atomic E-state index is -0.178. The number of benzene rings is 1. The Balaban J connectivity index is 2.86. The summed E-state index contributed by atoms with van der Waals surface area (Å²) in [6, 6.07) is 10.2. The molecule has 0 saturated carbocycles. The molecule has 0 amide bonds. The van der Waals surface area contributed by atoms with Gasteiger partial charge in [0.1, 0.15) is 14.9 Å². The molecule has 12 heavy (non-hydrogen) atoms. The molecule has 0 fully saturated rings. The molecule has 0 saturated heterocycles. The van der Waals surface area contributed by atoms with Crippen molar-refractivity contribution in [3.05, 3.63) is 30.3 Å². The highest BCUT2D eigenvalue weighted by atomic mass is 35.7. The van der Waals surface area contributed by atoms with Gasteiger partial charge in [0.2, 0.25) is 0 Å². The summed E-state index contributed by atoms with van der Waals surface area (Å²) in [5, 5.41) is 0. The molecule has 2 heteroatoms. The van der Waals surface area contributed by atoms with Crippen LogP contribution in [0.3, 0.4) is 0 Å². The second-order valence-electron chi connectivity index (χ2n) is 3.68. The third-order valence-corrected chi connectivity index (χ3v) is 5.17. The molecule has 0 aliphatic heterocycles. The fourth-order valence-corrected chi connectivity index (χ4v) is 2.31. The standard InChI is InChI=1S/C10H14ClS/c1-10(2,3)12(11)9-7-5-4-6-8-9/h4-8H,1-3H3/q+1. The first kappa shape index (κ1) is 9.94. The summed E-state index contributed by atoms with van der Waals surface area (Å²) in [4.78, 5) is 1.23. The van der Waals surface area contributed by atoms with Crippen molar-refractivity contribution in [2.75, 3.05) is 0 Å². The number of hydrogen-bond acceptors (Lipinski definition) is 0. The van der Waals surface area contributed by atoms with Gasteiger partial charge in [0.15, 0.2) is 15.6 Å². The van der Waals surface area contributed by atoms with Gasteiger partial charge in [-0.3, -0.25) is 0 Å². The van der Waals surface area contributed by atoms with Gasteiger partial charge < -0.3 is 0 Å². The van der Waals surface area contributed by atoms with Crippen molar-refractivity contribution in [3.8, 4) is 0 Å². The van der Waals surface area contributed by atoms with E-state index in [0.29, 0.717) is 0 Å². The van der Waals surface area contributed by atoms with Crippen molar-refractivity contribution < 1.29 is 0 Å².